The van der Waals surface area contributed by atoms with Gasteiger partial charge in [0.2, 0.25) is 0 Å². The van der Waals surface area contributed by atoms with E-state index in [0.717, 1.165) is 172 Å². The molecule has 6 heterocycles. The largest absolute Gasteiger partial charge is 0.308 e. The second kappa shape index (κ2) is 22.5. The number of benzene rings is 13. The van der Waals surface area contributed by atoms with Crippen LogP contribution in [-0.2, 0) is 0 Å². The van der Waals surface area contributed by atoms with Crippen LogP contribution in [0.15, 0.2) is 309 Å². The number of hydrogen-bond acceptors (Lipinski definition) is 3. The Kier molecular flexibility index (Phi) is 13.0. The summed E-state index contributed by atoms with van der Waals surface area (Å²) in [7, 11) is 0. The van der Waals surface area contributed by atoms with Crippen molar-refractivity contribution in [3.05, 3.63) is 332 Å². The Balaban J connectivity index is 1.20. The van der Waals surface area contributed by atoms with Crippen LogP contribution in [0, 0.1) is 27.7 Å². The summed E-state index contributed by atoms with van der Waals surface area (Å²) in [4.78, 5) is 17.5. The molecule has 19 aromatic rings. The first-order valence-corrected chi connectivity index (χ1v) is 33.7. The van der Waals surface area contributed by atoms with Crippen molar-refractivity contribution in [1.82, 2.24) is 33.2 Å². The van der Waals surface area contributed by atoms with E-state index in [0.29, 0.717) is 5.82 Å². The normalized spacial score (nSPS) is 11.9. The van der Waals surface area contributed by atoms with Gasteiger partial charge in [-0.2, -0.15) is 0 Å². The predicted molar refractivity (Wildman–Crippen MR) is 409 cm³/mol. The molecule has 98 heavy (non-hydrogen) atoms. The van der Waals surface area contributed by atoms with Gasteiger partial charge in [0, 0.05) is 70.9 Å². The topological polar surface area (TPSA) is 58.4 Å². The first kappa shape index (κ1) is 56.8. The molecular formula is C91H63N7. The number of pyridine rings is 1. The lowest BCUT2D eigenvalue weighted by Gasteiger charge is -2.31. The number of hydrogen-bond donors (Lipinski definition) is 0. The molecule has 13 aromatic carbocycles. The molecular weight excluding hydrogens is 1190 g/mol. The second-order valence-electron chi connectivity index (χ2n) is 26.2. The molecule has 6 aromatic heterocycles. The highest BCUT2D eigenvalue weighted by molar-refractivity contribution is 6.19. The molecule has 0 unspecified atom stereocenters. The van der Waals surface area contributed by atoms with E-state index in [1.165, 1.54) is 22.3 Å². The van der Waals surface area contributed by atoms with Crippen LogP contribution in [0.4, 0.5) is 0 Å². The Morgan fingerprint density at radius 2 is 0.480 bits per heavy atom. The van der Waals surface area contributed by atoms with E-state index in [1.807, 2.05) is 0 Å². The van der Waals surface area contributed by atoms with Crippen LogP contribution >= 0.6 is 0 Å². The molecule has 0 aliphatic heterocycles. The third-order valence-corrected chi connectivity index (χ3v) is 19.9. The molecule has 0 N–H and O–H groups in total. The van der Waals surface area contributed by atoms with Crippen molar-refractivity contribution in [2.45, 2.75) is 27.7 Å². The molecule has 0 saturated heterocycles. The number of para-hydroxylation sites is 4. The van der Waals surface area contributed by atoms with Crippen molar-refractivity contribution in [2.75, 3.05) is 0 Å². The Bertz CT molecular complexity index is 6060. The van der Waals surface area contributed by atoms with Gasteiger partial charge in [-0.05, 0) is 124 Å². The molecule has 0 saturated carbocycles. The number of aryl methyl sites for hydroxylation is 4. The molecule has 0 amide bonds. The molecule has 0 radical (unpaired) electrons. The van der Waals surface area contributed by atoms with Crippen LogP contribution in [0.2, 0.25) is 0 Å². The van der Waals surface area contributed by atoms with Crippen molar-refractivity contribution >= 4 is 87.2 Å². The minimum Gasteiger partial charge on any atom is -0.308 e. The van der Waals surface area contributed by atoms with Gasteiger partial charge >= 0.3 is 0 Å². The average molecular weight is 1250 g/mol. The van der Waals surface area contributed by atoms with Crippen LogP contribution in [0.25, 0.3) is 178 Å². The first-order valence-electron chi connectivity index (χ1n) is 33.7. The van der Waals surface area contributed by atoms with Crippen molar-refractivity contribution in [3.63, 3.8) is 0 Å². The standard InChI is InChI=1S/C91H63N7/c1-56-41-45-81-69(49-56)65-33-17-21-37-77(65)95(81)87-85(64-53-73(60-25-9-5-10-26-60)92-74(54-64)61-27-11-6-12-28-61)88(96-78-38-22-18-34-66(78)70-50-57(2)42-46-82(70)96)90(98-80-40-24-20-36-68(80)72-52-59(4)44-48-84(72)98)89(97-79-39-23-19-35-67(79)71-51-58(3)43-47-83(71)97)86(87)76-55-75(62-29-13-7-14-30-62)93-91(94-76)63-31-15-8-16-32-63/h5-55H,1-4H3. The van der Waals surface area contributed by atoms with Crippen LogP contribution in [0.1, 0.15) is 22.3 Å². The first-order chi connectivity index (χ1) is 48.3. The van der Waals surface area contributed by atoms with Gasteiger partial charge in [0.15, 0.2) is 5.82 Å². The van der Waals surface area contributed by atoms with E-state index in [4.69, 9.17) is 15.0 Å². The molecule has 19 rings (SSSR count). The summed E-state index contributed by atoms with van der Waals surface area (Å²) in [6, 6.07) is 114. The molecule has 0 atom stereocenters. The zero-order chi connectivity index (χ0) is 65.3. The molecule has 0 fully saturated rings. The van der Waals surface area contributed by atoms with E-state index in [2.05, 4.69) is 355 Å². The molecule has 0 bridgehead atoms. The third kappa shape index (κ3) is 8.93. The summed E-state index contributed by atoms with van der Waals surface area (Å²) in [5.41, 5.74) is 26.9. The van der Waals surface area contributed by atoms with E-state index >= 15 is 0 Å². The van der Waals surface area contributed by atoms with Crippen LogP contribution in [-0.4, -0.2) is 33.2 Å². The maximum atomic E-state index is 6.15. The maximum Gasteiger partial charge on any atom is 0.160 e. The Labute approximate surface area is 566 Å². The lowest BCUT2D eigenvalue weighted by atomic mass is 9.89. The van der Waals surface area contributed by atoms with E-state index in [-0.39, 0.29) is 0 Å². The van der Waals surface area contributed by atoms with Gasteiger partial charge < -0.3 is 18.3 Å². The Morgan fingerprint density at radius 3 is 0.857 bits per heavy atom. The van der Waals surface area contributed by atoms with E-state index < -0.39 is 0 Å². The van der Waals surface area contributed by atoms with Gasteiger partial charge in [0.1, 0.15) is 0 Å². The van der Waals surface area contributed by atoms with Gasteiger partial charge in [0.25, 0.3) is 0 Å². The Hall–Kier alpha value is -12.7. The quantitative estimate of drug-likeness (QED) is 0.137. The maximum absolute atomic E-state index is 6.15. The van der Waals surface area contributed by atoms with Crippen LogP contribution in [0.5, 0.6) is 0 Å². The monoisotopic (exact) mass is 1250 g/mol. The third-order valence-electron chi connectivity index (χ3n) is 19.9. The number of aromatic nitrogens is 7. The molecule has 7 nitrogen and oxygen atoms in total. The SMILES string of the molecule is Cc1ccc2c(c1)c1ccccc1n2-c1c(-c2cc(-c3ccccc3)nc(-c3ccccc3)c2)c(-n2c3ccccc3c3cc(C)ccc32)c(-n2c3ccccc3c3cc(C)ccc32)c(-n2c3ccccc3c3cc(C)ccc32)c1-c1cc(-c2ccccc2)nc(-c2ccccc2)n1. The van der Waals surface area contributed by atoms with Gasteiger partial charge in [-0.15, -0.1) is 0 Å². The van der Waals surface area contributed by atoms with Crippen molar-refractivity contribution in [2.24, 2.45) is 0 Å². The average Bonchev–Trinajstić information content (AvgIpc) is 1.42. The molecule has 462 valence electrons. The molecule has 0 spiro atoms. The fourth-order valence-electron chi connectivity index (χ4n) is 15.6. The van der Waals surface area contributed by atoms with Gasteiger partial charge in [-0.3, -0.25) is 0 Å². The lowest BCUT2D eigenvalue weighted by Crippen LogP contribution is -2.16. The van der Waals surface area contributed by atoms with Crippen LogP contribution < -0.4 is 0 Å². The van der Waals surface area contributed by atoms with E-state index in [1.54, 1.807) is 0 Å². The zero-order valence-corrected chi connectivity index (χ0v) is 54.6. The van der Waals surface area contributed by atoms with Gasteiger partial charge in [-0.25, -0.2) is 15.0 Å². The lowest BCUT2D eigenvalue weighted by molar-refractivity contribution is 1.03. The molecule has 0 aliphatic rings. The summed E-state index contributed by atoms with van der Waals surface area (Å²) >= 11 is 0. The van der Waals surface area contributed by atoms with Crippen LogP contribution in [0.3, 0.4) is 0 Å². The number of nitrogens with zero attached hydrogens (tertiary/aromatic N) is 7. The zero-order valence-electron chi connectivity index (χ0n) is 54.6. The van der Waals surface area contributed by atoms with Gasteiger partial charge in [0.05, 0.1) is 95.2 Å². The highest BCUT2D eigenvalue weighted by Gasteiger charge is 2.37. The summed E-state index contributed by atoms with van der Waals surface area (Å²) in [5.74, 6) is 0.605. The highest BCUT2D eigenvalue weighted by atomic mass is 15.1. The molecule has 7 heteroatoms. The smallest absolute Gasteiger partial charge is 0.160 e. The highest BCUT2D eigenvalue weighted by Crippen LogP contribution is 2.55. The number of rotatable bonds is 10. The fraction of sp³-hybridized carbons (Fsp3) is 0.0440. The number of fused-ring (bicyclic) bond motifs is 12. The van der Waals surface area contributed by atoms with E-state index in [9.17, 15) is 0 Å². The second-order valence-corrected chi connectivity index (χ2v) is 26.2. The summed E-state index contributed by atoms with van der Waals surface area (Å²) in [6.45, 7) is 8.84. The van der Waals surface area contributed by atoms with Crippen molar-refractivity contribution < 1.29 is 0 Å². The van der Waals surface area contributed by atoms with Crippen molar-refractivity contribution in [1.29, 1.82) is 0 Å². The minimum atomic E-state index is 0.605. The van der Waals surface area contributed by atoms with Crippen molar-refractivity contribution in [3.8, 4) is 90.3 Å². The summed E-state index contributed by atoms with van der Waals surface area (Å²) in [6.07, 6.45) is 0. The summed E-state index contributed by atoms with van der Waals surface area (Å²) in [5, 5.41) is 9.16. The summed E-state index contributed by atoms with van der Waals surface area (Å²) < 4.78 is 10.4. The van der Waals surface area contributed by atoms with Gasteiger partial charge in [-0.1, -0.05) is 241 Å². The fourth-order valence-corrected chi connectivity index (χ4v) is 15.6. The molecule has 0 aliphatic carbocycles. The minimum absolute atomic E-state index is 0.605. The predicted octanol–water partition coefficient (Wildman–Crippen LogP) is 23.5. The Morgan fingerprint density at radius 1 is 0.194 bits per heavy atom.